The number of nitrogens with zero attached hydrogens (tertiary/aromatic N) is 3. The molecule has 1 N–H and O–H groups in total. The molecule has 0 saturated carbocycles. The Morgan fingerprint density at radius 1 is 1.41 bits per heavy atom. The number of likely N-dealkylation sites (N-methyl/N-ethyl adjacent to an activating group) is 1. The number of hydrogen-bond acceptors (Lipinski definition) is 5. The smallest absolute Gasteiger partial charge is 0.320 e. The number of halogens is 1. The second kappa shape index (κ2) is 7.91. The maximum Gasteiger partial charge on any atom is 0.320 e. The van der Waals surface area contributed by atoms with Gasteiger partial charge in [0.25, 0.3) is 0 Å². The van der Waals surface area contributed by atoms with Crippen molar-refractivity contribution in [2.45, 2.75) is 32.9 Å². The first-order valence-electron chi connectivity index (χ1n) is 6.76. The van der Waals surface area contributed by atoms with Gasteiger partial charge >= 0.3 is 5.97 Å². The Morgan fingerprint density at radius 2 is 2.09 bits per heavy atom. The molecule has 120 valence electrons. The van der Waals surface area contributed by atoms with Gasteiger partial charge in [0.1, 0.15) is 6.04 Å². The Bertz CT molecular complexity index is 630. The molecule has 7 heteroatoms. The first-order valence-corrected chi connectivity index (χ1v) is 6.76. The van der Waals surface area contributed by atoms with Crippen molar-refractivity contribution in [1.29, 1.82) is 0 Å². The summed E-state index contributed by atoms with van der Waals surface area (Å²) in [5, 5.41) is 12.9. The summed E-state index contributed by atoms with van der Waals surface area (Å²) in [7, 11) is 1.71. The molecule has 2 rings (SSSR count). The molecule has 22 heavy (non-hydrogen) atoms. The van der Waals surface area contributed by atoms with Gasteiger partial charge in [-0.2, -0.15) is 4.98 Å². The van der Waals surface area contributed by atoms with Crippen LogP contribution in [0.15, 0.2) is 28.8 Å². The highest BCUT2D eigenvalue weighted by atomic mass is 35.5. The summed E-state index contributed by atoms with van der Waals surface area (Å²) in [6, 6.07) is 7.44. The van der Waals surface area contributed by atoms with Crippen molar-refractivity contribution in [2.75, 3.05) is 7.05 Å². The minimum atomic E-state index is -0.878. The zero-order valence-electron chi connectivity index (χ0n) is 12.8. The van der Waals surface area contributed by atoms with E-state index in [-0.39, 0.29) is 12.4 Å². The first-order chi connectivity index (χ1) is 9.97. The Labute approximate surface area is 135 Å². The Kier molecular flexibility index (Phi) is 6.52. The molecule has 2 aromatic rings. The van der Waals surface area contributed by atoms with Crippen molar-refractivity contribution >= 4 is 18.4 Å². The summed E-state index contributed by atoms with van der Waals surface area (Å²) < 4.78 is 5.18. The third kappa shape index (κ3) is 4.54. The van der Waals surface area contributed by atoms with Crippen LogP contribution in [0.25, 0.3) is 0 Å². The van der Waals surface area contributed by atoms with Crippen molar-refractivity contribution in [2.24, 2.45) is 0 Å². The summed E-state index contributed by atoms with van der Waals surface area (Å²) in [6.45, 7) is 3.97. The van der Waals surface area contributed by atoms with Gasteiger partial charge in [-0.1, -0.05) is 29.4 Å². The van der Waals surface area contributed by atoms with Crippen molar-refractivity contribution in [3.63, 3.8) is 0 Å². The maximum absolute atomic E-state index is 10.9. The van der Waals surface area contributed by atoms with Crippen LogP contribution in [0.5, 0.6) is 0 Å². The lowest BCUT2D eigenvalue weighted by atomic mass is 10.1. The fraction of sp³-hybridized carbons (Fsp3) is 0.400. The van der Waals surface area contributed by atoms with Gasteiger partial charge < -0.3 is 9.63 Å². The lowest BCUT2D eigenvalue weighted by molar-refractivity contribution is -0.142. The molecule has 1 aromatic heterocycles. The molecule has 6 nitrogen and oxygen atoms in total. The average molecular weight is 326 g/mol. The topological polar surface area (TPSA) is 79.5 Å². The Balaban J connectivity index is 0.00000242. The zero-order valence-corrected chi connectivity index (χ0v) is 13.6. The van der Waals surface area contributed by atoms with Crippen molar-refractivity contribution < 1.29 is 14.4 Å². The number of carboxylic acid groups (broad SMARTS) is 1. The van der Waals surface area contributed by atoms with Gasteiger partial charge in [0.05, 0.1) is 6.54 Å². The predicted molar refractivity (Wildman–Crippen MR) is 84.1 cm³/mol. The number of hydrogen-bond donors (Lipinski definition) is 1. The van der Waals surface area contributed by atoms with Crippen molar-refractivity contribution in [3.05, 3.63) is 47.1 Å². The van der Waals surface area contributed by atoms with Gasteiger partial charge in [-0.05, 0) is 32.0 Å². The molecule has 0 saturated heterocycles. The van der Waals surface area contributed by atoms with Gasteiger partial charge in [0.15, 0.2) is 5.82 Å². The van der Waals surface area contributed by atoms with Crippen LogP contribution in [0.2, 0.25) is 0 Å². The van der Waals surface area contributed by atoms with Gasteiger partial charge in [-0.25, -0.2) is 0 Å². The Hall–Kier alpha value is -1.92. The largest absolute Gasteiger partial charge is 0.480 e. The lowest BCUT2D eigenvalue weighted by Gasteiger charge is -2.18. The van der Waals surface area contributed by atoms with Crippen molar-refractivity contribution in [3.8, 4) is 0 Å². The highest BCUT2D eigenvalue weighted by Gasteiger charge is 2.19. The van der Waals surface area contributed by atoms with Crippen LogP contribution in [0.4, 0.5) is 0 Å². The molecule has 1 unspecified atom stereocenters. The zero-order chi connectivity index (χ0) is 15.4. The number of aliphatic carboxylic acids is 1. The molecule has 0 bridgehead atoms. The number of aryl methyl sites for hydroxylation is 1. The monoisotopic (exact) mass is 325 g/mol. The lowest BCUT2D eigenvalue weighted by Crippen LogP contribution is -2.35. The van der Waals surface area contributed by atoms with Gasteiger partial charge in [0.2, 0.25) is 5.89 Å². The van der Waals surface area contributed by atoms with E-state index >= 15 is 0 Å². The highest BCUT2D eigenvalue weighted by molar-refractivity contribution is 5.85. The fourth-order valence-electron chi connectivity index (χ4n) is 1.94. The number of carboxylic acids is 1. The summed E-state index contributed by atoms with van der Waals surface area (Å²) in [5.41, 5.74) is 2.33. The van der Waals surface area contributed by atoms with Crippen LogP contribution in [0.1, 0.15) is 29.8 Å². The number of carbonyl (C=O) groups is 1. The SMILES string of the molecule is Cc1ccccc1Cc1noc(CN(C)C(C)C(=O)O)n1.Cl. The number of rotatable bonds is 6. The molecule has 0 amide bonds. The second-order valence-corrected chi connectivity index (χ2v) is 5.14. The molecule has 1 heterocycles. The number of aromatic nitrogens is 2. The summed E-state index contributed by atoms with van der Waals surface area (Å²) in [5.74, 6) is 0.155. The molecule has 0 fully saturated rings. The van der Waals surface area contributed by atoms with E-state index < -0.39 is 12.0 Å². The molecule has 1 atom stereocenters. The van der Waals surface area contributed by atoms with Gasteiger partial charge in [-0.3, -0.25) is 9.69 Å². The van der Waals surface area contributed by atoms with Crippen LogP contribution in [-0.2, 0) is 17.8 Å². The van der Waals surface area contributed by atoms with E-state index in [2.05, 4.69) is 10.1 Å². The van der Waals surface area contributed by atoms with Crippen LogP contribution in [-0.4, -0.2) is 39.2 Å². The standard InChI is InChI=1S/C15H19N3O3.ClH/c1-10-6-4-5-7-12(10)8-13-16-14(21-17-13)9-18(3)11(2)15(19)20;/h4-7,11H,8-9H2,1-3H3,(H,19,20);1H. The molecular weight excluding hydrogens is 306 g/mol. The third-order valence-electron chi connectivity index (χ3n) is 3.52. The minimum Gasteiger partial charge on any atom is -0.480 e. The van der Waals surface area contributed by atoms with E-state index in [1.807, 2.05) is 31.2 Å². The molecule has 0 aliphatic carbocycles. The van der Waals surface area contributed by atoms with Crippen LogP contribution in [0, 0.1) is 6.92 Å². The normalized spacial score (nSPS) is 12.0. The van der Waals surface area contributed by atoms with E-state index in [1.165, 1.54) is 5.56 Å². The van der Waals surface area contributed by atoms with Gasteiger partial charge in [-0.15, -0.1) is 12.4 Å². The van der Waals surface area contributed by atoms with E-state index in [0.717, 1.165) is 5.56 Å². The summed E-state index contributed by atoms with van der Waals surface area (Å²) in [4.78, 5) is 16.9. The van der Waals surface area contributed by atoms with E-state index in [0.29, 0.717) is 24.7 Å². The van der Waals surface area contributed by atoms with Crippen molar-refractivity contribution in [1.82, 2.24) is 15.0 Å². The molecule has 0 spiro atoms. The molecule has 0 radical (unpaired) electrons. The molecular formula is C15H20ClN3O3. The van der Waals surface area contributed by atoms with Crippen LogP contribution >= 0.6 is 12.4 Å². The predicted octanol–water partition coefficient (Wildman–Crippen LogP) is 2.30. The fourth-order valence-corrected chi connectivity index (χ4v) is 1.94. The van der Waals surface area contributed by atoms with E-state index in [4.69, 9.17) is 9.63 Å². The molecule has 0 aliphatic heterocycles. The first kappa shape index (κ1) is 18.1. The quantitative estimate of drug-likeness (QED) is 0.877. The van der Waals surface area contributed by atoms with E-state index in [1.54, 1.807) is 18.9 Å². The van der Waals surface area contributed by atoms with E-state index in [9.17, 15) is 4.79 Å². The maximum atomic E-state index is 10.9. The van der Waals surface area contributed by atoms with Crippen LogP contribution < -0.4 is 0 Å². The van der Waals surface area contributed by atoms with Gasteiger partial charge in [0, 0.05) is 6.42 Å². The average Bonchev–Trinajstić information content (AvgIpc) is 2.87. The summed E-state index contributed by atoms with van der Waals surface area (Å²) in [6.07, 6.45) is 0.606. The minimum absolute atomic E-state index is 0. The summed E-state index contributed by atoms with van der Waals surface area (Å²) >= 11 is 0. The molecule has 1 aromatic carbocycles. The number of benzene rings is 1. The highest BCUT2D eigenvalue weighted by Crippen LogP contribution is 2.12. The third-order valence-corrected chi connectivity index (χ3v) is 3.52. The Morgan fingerprint density at radius 3 is 2.73 bits per heavy atom. The molecule has 0 aliphatic rings. The van der Waals surface area contributed by atoms with Crippen LogP contribution in [0.3, 0.4) is 0 Å². The second-order valence-electron chi connectivity index (χ2n) is 5.14.